The third kappa shape index (κ3) is 6.98. The lowest BCUT2D eigenvalue weighted by Gasteiger charge is -2.39. The zero-order valence-electron chi connectivity index (χ0n) is 26.7. The summed E-state index contributed by atoms with van der Waals surface area (Å²) in [6.07, 6.45) is 0. The van der Waals surface area contributed by atoms with Gasteiger partial charge < -0.3 is 10.1 Å². The fraction of sp³-hybridized carbons (Fsp3) is 0.314. The number of carbonyl (C=O) groups is 1. The maximum absolute atomic E-state index is 13.8. The number of nitrogens with zero attached hydrogens (tertiary/aromatic N) is 7. The number of nitrogens with one attached hydrogen (secondary N) is 1. The van der Waals surface area contributed by atoms with Gasteiger partial charge in [-0.05, 0) is 35.8 Å². The maximum Gasteiger partial charge on any atom is 0.336 e. The Morgan fingerprint density at radius 3 is 2.21 bits per heavy atom. The van der Waals surface area contributed by atoms with Crippen LogP contribution in [0.25, 0.3) is 5.57 Å². The molecule has 12 nitrogen and oxygen atoms in total. The molecule has 0 bridgehead atoms. The molecule has 1 N–H and O–H groups in total. The number of allylic oxidation sites excluding steroid dienone is 3. The highest BCUT2D eigenvalue weighted by molar-refractivity contribution is 5.97. The number of ether oxygens (including phenoxy) is 1. The first-order valence-electron chi connectivity index (χ1n) is 15.7. The van der Waals surface area contributed by atoms with Crippen LogP contribution in [0.3, 0.4) is 0 Å². The number of nitro groups is 1. The van der Waals surface area contributed by atoms with Gasteiger partial charge in [0.25, 0.3) is 5.69 Å². The van der Waals surface area contributed by atoms with Crippen LogP contribution in [0.4, 0.5) is 5.69 Å². The molecule has 4 aromatic rings. The highest BCUT2D eigenvalue weighted by atomic mass is 16.6. The predicted octanol–water partition coefficient (Wildman–Crippen LogP) is 4.46. The Balaban J connectivity index is 1.15. The first-order valence-corrected chi connectivity index (χ1v) is 15.7. The molecule has 1 fully saturated rings. The van der Waals surface area contributed by atoms with Gasteiger partial charge in [0.05, 0.1) is 23.6 Å². The van der Waals surface area contributed by atoms with E-state index in [4.69, 9.17) is 4.74 Å². The average molecular weight is 635 g/mol. The number of hydrogen-bond acceptors (Lipinski definition) is 10. The second kappa shape index (κ2) is 14.1. The molecule has 2 aliphatic rings. The molecule has 0 aliphatic carbocycles. The third-order valence-electron chi connectivity index (χ3n) is 8.79. The monoisotopic (exact) mass is 634 g/mol. The number of tetrazole rings is 1. The zero-order valence-corrected chi connectivity index (χ0v) is 26.7. The van der Waals surface area contributed by atoms with Gasteiger partial charge in [-0.15, -0.1) is 10.2 Å². The molecule has 0 saturated carbocycles. The van der Waals surface area contributed by atoms with Crippen LogP contribution >= 0.6 is 0 Å². The second-order valence-corrected chi connectivity index (χ2v) is 11.8. The minimum absolute atomic E-state index is 0.0728. The van der Waals surface area contributed by atoms with Gasteiger partial charge in [0.2, 0.25) is 5.82 Å². The zero-order chi connectivity index (χ0) is 32.9. The van der Waals surface area contributed by atoms with Crippen molar-refractivity contribution in [2.24, 2.45) is 7.05 Å². The van der Waals surface area contributed by atoms with Crippen molar-refractivity contribution >= 4 is 17.2 Å². The van der Waals surface area contributed by atoms with E-state index in [1.807, 2.05) is 19.1 Å². The van der Waals surface area contributed by atoms with E-state index in [1.54, 1.807) is 26.1 Å². The first kappa shape index (κ1) is 31.8. The van der Waals surface area contributed by atoms with Crippen molar-refractivity contribution in [2.75, 3.05) is 39.3 Å². The molecule has 1 saturated heterocycles. The summed E-state index contributed by atoms with van der Waals surface area (Å²) in [5.74, 6) is -0.856. The molecule has 0 spiro atoms. The average Bonchev–Trinajstić information content (AvgIpc) is 3.51. The summed E-state index contributed by atoms with van der Waals surface area (Å²) in [5, 5.41) is 27.5. The van der Waals surface area contributed by atoms with Gasteiger partial charge in [-0.3, -0.25) is 19.9 Å². The second-order valence-electron chi connectivity index (χ2n) is 11.8. The van der Waals surface area contributed by atoms with Crippen LogP contribution < -0.4 is 5.32 Å². The van der Waals surface area contributed by atoms with Gasteiger partial charge in [-0.1, -0.05) is 72.8 Å². The van der Waals surface area contributed by atoms with Crippen LogP contribution in [0.2, 0.25) is 0 Å². The number of rotatable bonds is 10. The van der Waals surface area contributed by atoms with Crippen LogP contribution in [-0.2, 0) is 16.6 Å². The predicted molar refractivity (Wildman–Crippen MR) is 177 cm³/mol. The molecule has 1 aromatic heterocycles. The summed E-state index contributed by atoms with van der Waals surface area (Å²) in [5.41, 5.74) is 5.33. The lowest BCUT2D eigenvalue weighted by atomic mass is 9.80. The number of aromatic nitrogens is 4. The van der Waals surface area contributed by atoms with E-state index in [9.17, 15) is 14.9 Å². The summed E-state index contributed by atoms with van der Waals surface area (Å²) >= 11 is 0. The fourth-order valence-electron chi connectivity index (χ4n) is 6.58. The normalized spacial score (nSPS) is 17.6. The summed E-state index contributed by atoms with van der Waals surface area (Å²) < 4.78 is 5.91. The third-order valence-corrected chi connectivity index (χ3v) is 8.79. The number of esters is 1. The SMILES string of the molecule is CC1=C(C(=O)OCCN2CCN(C(c3ccccc3)c3ccccc3)CC2)C(c2cccc([N+](=O)[O-])c2)C(c2nnn(C)n2)=C(C)N1. The van der Waals surface area contributed by atoms with E-state index >= 15 is 0 Å². The van der Waals surface area contributed by atoms with Crippen LogP contribution in [0, 0.1) is 10.1 Å². The molecular formula is C35H38N8O4. The quantitative estimate of drug-likeness (QED) is 0.152. The smallest absolute Gasteiger partial charge is 0.336 e. The number of benzene rings is 3. The van der Waals surface area contributed by atoms with Gasteiger partial charge in [0.15, 0.2) is 0 Å². The topological polar surface area (TPSA) is 132 Å². The molecule has 0 amide bonds. The minimum atomic E-state index is -0.690. The fourth-order valence-corrected chi connectivity index (χ4v) is 6.58. The van der Waals surface area contributed by atoms with Crippen molar-refractivity contribution in [1.29, 1.82) is 0 Å². The molecule has 1 unspecified atom stereocenters. The van der Waals surface area contributed by atoms with E-state index in [1.165, 1.54) is 28.1 Å². The molecule has 6 rings (SSSR count). The molecule has 3 heterocycles. The molecular weight excluding hydrogens is 596 g/mol. The van der Waals surface area contributed by atoms with Crippen LogP contribution in [-0.4, -0.2) is 80.2 Å². The molecule has 2 aliphatic heterocycles. The molecule has 242 valence electrons. The number of piperazine rings is 1. The van der Waals surface area contributed by atoms with Crippen molar-refractivity contribution in [1.82, 2.24) is 35.3 Å². The van der Waals surface area contributed by atoms with E-state index in [-0.39, 0.29) is 18.3 Å². The highest BCUT2D eigenvalue weighted by Crippen LogP contribution is 2.43. The van der Waals surface area contributed by atoms with Crippen molar-refractivity contribution in [3.8, 4) is 0 Å². The van der Waals surface area contributed by atoms with Gasteiger partial charge in [-0.2, -0.15) is 4.80 Å². The van der Waals surface area contributed by atoms with Crippen molar-refractivity contribution in [3.63, 3.8) is 0 Å². The van der Waals surface area contributed by atoms with Crippen LogP contribution in [0.5, 0.6) is 0 Å². The van der Waals surface area contributed by atoms with E-state index in [2.05, 4.69) is 79.1 Å². The highest BCUT2D eigenvalue weighted by Gasteiger charge is 2.37. The van der Waals surface area contributed by atoms with Crippen LogP contribution in [0.15, 0.2) is 102 Å². The van der Waals surface area contributed by atoms with Gasteiger partial charge >= 0.3 is 5.97 Å². The summed E-state index contributed by atoms with van der Waals surface area (Å²) in [6, 6.07) is 27.6. The maximum atomic E-state index is 13.8. The summed E-state index contributed by atoms with van der Waals surface area (Å²) in [4.78, 5) is 31.2. The van der Waals surface area contributed by atoms with Crippen molar-refractivity contribution in [3.05, 3.63) is 135 Å². The van der Waals surface area contributed by atoms with Crippen molar-refractivity contribution in [2.45, 2.75) is 25.8 Å². The lowest BCUT2D eigenvalue weighted by Crippen LogP contribution is -2.48. The van der Waals surface area contributed by atoms with Crippen molar-refractivity contribution < 1.29 is 14.5 Å². The Bertz CT molecular complexity index is 1760. The van der Waals surface area contributed by atoms with E-state index in [0.29, 0.717) is 34.8 Å². The summed E-state index contributed by atoms with van der Waals surface area (Å²) in [7, 11) is 1.66. The Kier molecular flexibility index (Phi) is 9.50. The number of aryl methyl sites for hydroxylation is 1. The first-order chi connectivity index (χ1) is 22.8. The molecule has 0 radical (unpaired) electrons. The number of nitro benzene ring substituents is 1. The van der Waals surface area contributed by atoms with Gasteiger partial charge in [-0.25, -0.2) is 4.79 Å². The Morgan fingerprint density at radius 1 is 0.957 bits per heavy atom. The number of carbonyl (C=O) groups excluding carboxylic acids is 1. The minimum Gasteiger partial charge on any atom is -0.461 e. The Hall–Kier alpha value is -5.20. The number of non-ortho nitro benzene ring substituents is 1. The summed E-state index contributed by atoms with van der Waals surface area (Å²) in [6.45, 7) is 7.92. The largest absolute Gasteiger partial charge is 0.461 e. The standard InChI is InChI=1S/C35H38N8O4/c1-24-30(34-37-39-40(3)38-34)32(28-15-10-16-29(23-28)43(45)46)31(25(2)36-24)35(44)47-22-21-41-17-19-42(20-18-41)33(26-11-6-4-7-12-26)27-13-8-5-9-14-27/h4-16,23,32-33,36H,17-22H2,1-3H3. The molecule has 3 aromatic carbocycles. The van der Waals surface area contributed by atoms with Crippen LogP contribution in [0.1, 0.15) is 48.3 Å². The molecule has 47 heavy (non-hydrogen) atoms. The molecule has 12 heteroatoms. The lowest BCUT2D eigenvalue weighted by molar-refractivity contribution is -0.384. The van der Waals surface area contributed by atoms with Gasteiger partial charge in [0.1, 0.15) is 6.61 Å². The van der Waals surface area contributed by atoms with Gasteiger partial charge in [0, 0.05) is 67.7 Å². The Labute approximate surface area is 273 Å². The van der Waals surface area contributed by atoms with E-state index < -0.39 is 16.8 Å². The number of dihydropyridines is 1. The Morgan fingerprint density at radius 2 is 1.62 bits per heavy atom. The van der Waals surface area contributed by atoms with E-state index in [0.717, 1.165) is 31.9 Å². The molecule has 1 atom stereocenters. The number of hydrogen-bond donors (Lipinski definition) is 1.